The van der Waals surface area contributed by atoms with Crippen LogP contribution in [0.4, 0.5) is 0 Å². The molecule has 1 fully saturated rings. The molecule has 0 aromatic rings. The highest BCUT2D eigenvalue weighted by molar-refractivity contribution is 5.78. The van der Waals surface area contributed by atoms with Gasteiger partial charge < -0.3 is 10.6 Å². The molecule has 0 radical (unpaired) electrons. The maximum Gasteiger partial charge on any atom is 0.234 e. The summed E-state index contributed by atoms with van der Waals surface area (Å²) in [7, 11) is 0. The van der Waals surface area contributed by atoms with E-state index >= 15 is 0 Å². The number of nitrogens with zero attached hydrogens (tertiary/aromatic N) is 1. The quantitative estimate of drug-likeness (QED) is 0.624. The third-order valence-electron chi connectivity index (χ3n) is 2.56. The summed E-state index contributed by atoms with van der Waals surface area (Å²) in [5.74, 6) is 0.656. The standard InChI is InChI=1S/C10H17N3O/c11-5-6-13-10(14)8-12-7-9-3-1-2-4-9/h9,12H,1-4,6-8H2,(H,13,14). The van der Waals surface area contributed by atoms with E-state index in [9.17, 15) is 4.79 Å². The van der Waals surface area contributed by atoms with Gasteiger partial charge in [0.2, 0.25) is 5.91 Å². The second kappa shape index (κ2) is 6.39. The minimum absolute atomic E-state index is 0.0930. The summed E-state index contributed by atoms with van der Waals surface area (Å²) in [5.41, 5.74) is 0. The van der Waals surface area contributed by atoms with E-state index in [0.29, 0.717) is 6.54 Å². The first kappa shape index (κ1) is 11.0. The van der Waals surface area contributed by atoms with Crippen molar-refractivity contribution in [1.29, 1.82) is 5.26 Å². The first-order valence-electron chi connectivity index (χ1n) is 5.17. The molecule has 1 aliphatic carbocycles. The first-order valence-corrected chi connectivity index (χ1v) is 5.17. The van der Waals surface area contributed by atoms with E-state index in [4.69, 9.17) is 5.26 Å². The summed E-state index contributed by atoms with van der Waals surface area (Å²) in [6, 6.07) is 1.87. The lowest BCUT2D eigenvalue weighted by molar-refractivity contribution is -0.120. The van der Waals surface area contributed by atoms with Crippen LogP contribution in [0.3, 0.4) is 0 Å². The monoisotopic (exact) mass is 195 g/mol. The Hall–Kier alpha value is -1.08. The topological polar surface area (TPSA) is 64.9 Å². The lowest BCUT2D eigenvalue weighted by Gasteiger charge is -2.09. The molecule has 1 aliphatic rings. The highest BCUT2D eigenvalue weighted by atomic mass is 16.1. The maximum absolute atomic E-state index is 11.1. The van der Waals surface area contributed by atoms with Gasteiger partial charge >= 0.3 is 0 Å². The van der Waals surface area contributed by atoms with Crippen molar-refractivity contribution in [3.05, 3.63) is 0 Å². The average Bonchev–Trinajstić information content (AvgIpc) is 2.67. The summed E-state index contributed by atoms with van der Waals surface area (Å²) < 4.78 is 0. The summed E-state index contributed by atoms with van der Waals surface area (Å²) in [5, 5.41) is 13.8. The third kappa shape index (κ3) is 4.24. The number of amides is 1. The van der Waals surface area contributed by atoms with Crippen molar-refractivity contribution in [1.82, 2.24) is 10.6 Å². The molecule has 0 saturated heterocycles. The zero-order valence-corrected chi connectivity index (χ0v) is 8.38. The van der Waals surface area contributed by atoms with Gasteiger partial charge in [-0.25, -0.2) is 0 Å². The van der Waals surface area contributed by atoms with E-state index in [1.165, 1.54) is 25.7 Å². The molecule has 0 aromatic heterocycles. The van der Waals surface area contributed by atoms with Crippen molar-refractivity contribution in [2.45, 2.75) is 25.7 Å². The number of nitriles is 1. The Balaban J connectivity index is 1.97. The van der Waals surface area contributed by atoms with Gasteiger partial charge in [-0.05, 0) is 25.3 Å². The van der Waals surface area contributed by atoms with Gasteiger partial charge in [-0.15, -0.1) is 0 Å². The normalized spacial score (nSPS) is 16.5. The van der Waals surface area contributed by atoms with Crippen molar-refractivity contribution >= 4 is 5.91 Å². The second-order valence-corrected chi connectivity index (χ2v) is 3.72. The predicted octanol–water partition coefficient (Wildman–Crippen LogP) is 0.406. The molecule has 0 unspecified atom stereocenters. The molecule has 78 valence electrons. The lowest BCUT2D eigenvalue weighted by atomic mass is 10.1. The summed E-state index contributed by atoms with van der Waals surface area (Å²) in [6.45, 7) is 1.36. The fraction of sp³-hybridized carbons (Fsp3) is 0.800. The highest BCUT2D eigenvalue weighted by Crippen LogP contribution is 2.23. The Morgan fingerprint density at radius 1 is 1.43 bits per heavy atom. The predicted molar refractivity (Wildman–Crippen MR) is 53.5 cm³/mol. The van der Waals surface area contributed by atoms with Crippen LogP contribution in [0.25, 0.3) is 0 Å². The molecule has 4 nitrogen and oxygen atoms in total. The zero-order valence-electron chi connectivity index (χ0n) is 8.38. The van der Waals surface area contributed by atoms with E-state index in [0.717, 1.165) is 12.5 Å². The molecule has 1 amide bonds. The number of rotatable bonds is 5. The van der Waals surface area contributed by atoms with Crippen LogP contribution in [0, 0.1) is 17.2 Å². The fourth-order valence-electron chi connectivity index (χ4n) is 1.80. The number of carbonyl (C=O) groups is 1. The Kier molecular flexibility index (Phi) is 5.02. The molecule has 2 N–H and O–H groups in total. The van der Waals surface area contributed by atoms with Crippen LogP contribution in [0.1, 0.15) is 25.7 Å². The van der Waals surface area contributed by atoms with Gasteiger partial charge in [0.15, 0.2) is 0 Å². The van der Waals surface area contributed by atoms with Crippen molar-refractivity contribution in [2.75, 3.05) is 19.6 Å². The van der Waals surface area contributed by atoms with Gasteiger partial charge in [0.05, 0.1) is 12.6 Å². The van der Waals surface area contributed by atoms with Crippen molar-refractivity contribution < 1.29 is 4.79 Å². The highest BCUT2D eigenvalue weighted by Gasteiger charge is 2.14. The summed E-state index contributed by atoms with van der Waals surface area (Å²) in [6.07, 6.45) is 5.22. The smallest absolute Gasteiger partial charge is 0.234 e. The Labute approximate surface area is 84.7 Å². The van der Waals surface area contributed by atoms with Crippen LogP contribution in [0.15, 0.2) is 0 Å². The van der Waals surface area contributed by atoms with E-state index in [2.05, 4.69) is 10.6 Å². The summed E-state index contributed by atoms with van der Waals surface area (Å²) in [4.78, 5) is 11.1. The molecule has 0 atom stereocenters. The fourth-order valence-corrected chi connectivity index (χ4v) is 1.80. The Morgan fingerprint density at radius 3 is 2.79 bits per heavy atom. The molecule has 0 aromatic carbocycles. The summed E-state index contributed by atoms with van der Waals surface area (Å²) >= 11 is 0. The SMILES string of the molecule is N#CCNC(=O)CNCC1CCCC1. The maximum atomic E-state index is 11.1. The van der Waals surface area contributed by atoms with E-state index < -0.39 is 0 Å². The number of hydrogen-bond donors (Lipinski definition) is 2. The molecule has 1 rings (SSSR count). The van der Waals surface area contributed by atoms with E-state index in [-0.39, 0.29) is 12.5 Å². The second-order valence-electron chi connectivity index (χ2n) is 3.72. The van der Waals surface area contributed by atoms with Gasteiger partial charge in [-0.2, -0.15) is 5.26 Å². The Morgan fingerprint density at radius 2 is 2.14 bits per heavy atom. The average molecular weight is 195 g/mol. The van der Waals surface area contributed by atoms with Gasteiger partial charge in [-0.3, -0.25) is 4.79 Å². The molecule has 1 saturated carbocycles. The lowest BCUT2D eigenvalue weighted by Crippen LogP contribution is -2.35. The van der Waals surface area contributed by atoms with Crippen molar-refractivity contribution in [2.24, 2.45) is 5.92 Å². The molecule has 4 heteroatoms. The Bertz CT molecular complexity index is 216. The molecular formula is C10H17N3O. The van der Waals surface area contributed by atoms with Crippen LogP contribution in [0.2, 0.25) is 0 Å². The van der Waals surface area contributed by atoms with Crippen molar-refractivity contribution in [3.63, 3.8) is 0 Å². The molecule has 0 aliphatic heterocycles. The molecule has 0 bridgehead atoms. The van der Waals surface area contributed by atoms with Gasteiger partial charge in [-0.1, -0.05) is 12.8 Å². The van der Waals surface area contributed by atoms with E-state index in [1.807, 2.05) is 6.07 Å². The van der Waals surface area contributed by atoms with Crippen LogP contribution in [0.5, 0.6) is 0 Å². The minimum Gasteiger partial charge on any atom is -0.342 e. The number of hydrogen-bond acceptors (Lipinski definition) is 3. The molecule has 0 spiro atoms. The zero-order chi connectivity index (χ0) is 10.2. The van der Waals surface area contributed by atoms with Crippen LogP contribution in [-0.2, 0) is 4.79 Å². The van der Waals surface area contributed by atoms with Crippen LogP contribution >= 0.6 is 0 Å². The van der Waals surface area contributed by atoms with Gasteiger partial charge in [0.1, 0.15) is 6.54 Å². The van der Waals surface area contributed by atoms with E-state index in [1.54, 1.807) is 0 Å². The molecule has 0 heterocycles. The number of carbonyl (C=O) groups excluding carboxylic acids is 1. The van der Waals surface area contributed by atoms with Gasteiger partial charge in [0, 0.05) is 0 Å². The van der Waals surface area contributed by atoms with Gasteiger partial charge in [0.25, 0.3) is 0 Å². The van der Waals surface area contributed by atoms with Crippen LogP contribution < -0.4 is 10.6 Å². The first-order chi connectivity index (χ1) is 6.83. The minimum atomic E-state index is -0.0930. The molecule has 14 heavy (non-hydrogen) atoms. The molecular weight excluding hydrogens is 178 g/mol. The number of nitrogens with one attached hydrogen (secondary N) is 2. The van der Waals surface area contributed by atoms with Crippen molar-refractivity contribution in [3.8, 4) is 6.07 Å². The largest absolute Gasteiger partial charge is 0.342 e. The van der Waals surface area contributed by atoms with Crippen LogP contribution in [-0.4, -0.2) is 25.5 Å². The third-order valence-corrected chi connectivity index (χ3v) is 2.56.